The van der Waals surface area contributed by atoms with Crippen molar-refractivity contribution in [3.63, 3.8) is 0 Å². The van der Waals surface area contributed by atoms with Gasteiger partial charge in [-0.05, 0) is 12.8 Å². The Kier molecular flexibility index (Phi) is 2.49. The van der Waals surface area contributed by atoms with Crippen molar-refractivity contribution in [2.24, 2.45) is 5.84 Å². The molecule has 5 nitrogen and oxygen atoms in total. The fourth-order valence-electron chi connectivity index (χ4n) is 1.91. The first kappa shape index (κ1) is 9.21. The summed E-state index contributed by atoms with van der Waals surface area (Å²) in [5.74, 6) is 4.75. The van der Waals surface area contributed by atoms with Gasteiger partial charge in [0.25, 0.3) is 5.91 Å². The third-order valence-corrected chi connectivity index (χ3v) is 2.69. The van der Waals surface area contributed by atoms with E-state index >= 15 is 0 Å². The third-order valence-electron chi connectivity index (χ3n) is 2.69. The maximum absolute atomic E-state index is 11.2. The number of nitrogen functional groups attached to an aromatic ring is 1. The van der Waals surface area contributed by atoms with Gasteiger partial charge in [-0.25, -0.2) is 5.84 Å². The molecule has 0 spiro atoms. The van der Waals surface area contributed by atoms with E-state index in [0.29, 0.717) is 11.6 Å². The van der Waals surface area contributed by atoms with E-state index in [1.54, 1.807) is 12.4 Å². The van der Waals surface area contributed by atoms with E-state index in [0.717, 1.165) is 12.8 Å². The fraction of sp³-hybridized carbons (Fsp3) is 0.556. The molecule has 76 valence electrons. The van der Waals surface area contributed by atoms with Crippen molar-refractivity contribution in [2.45, 2.75) is 31.7 Å². The topological polar surface area (TPSA) is 72.9 Å². The van der Waals surface area contributed by atoms with Crippen LogP contribution in [0.25, 0.3) is 0 Å². The van der Waals surface area contributed by atoms with Crippen molar-refractivity contribution in [1.29, 1.82) is 0 Å². The normalized spacial score (nSPS) is 17.2. The highest BCUT2D eigenvalue weighted by atomic mass is 16.2. The zero-order chi connectivity index (χ0) is 9.97. The van der Waals surface area contributed by atoms with Gasteiger partial charge in [-0.15, -0.1) is 0 Å². The van der Waals surface area contributed by atoms with Gasteiger partial charge in [0.2, 0.25) is 0 Å². The molecule has 0 aliphatic heterocycles. The molecule has 1 heterocycles. The van der Waals surface area contributed by atoms with Gasteiger partial charge >= 0.3 is 0 Å². The lowest BCUT2D eigenvalue weighted by atomic mass is 10.2. The van der Waals surface area contributed by atoms with Gasteiger partial charge in [0, 0.05) is 6.20 Å². The summed E-state index contributed by atoms with van der Waals surface area (Å²) in [4.78, 5) is 11.2. The molecule has 1 aromatic heterocycles. The minimum absolute atomic E-state index is 0.283. The number of amides is 1. The third kappa shape index (κ3) is 1.63. The molecule has 1 amide bonds. The molecule has 0 saturated heterocycles. The van der Waals surface area contributed by atoms with Crippen LogP contribution in [0.3, 0.4) is 0 Å². The molecule has 0 atom stereocenters. The Balaban J connectivity index is 2.12. The smallest absolute Gasteiger partial charge is 0.268 e. The zero-order valence-electron chi connectivity index (χ0n) is 7.94. The van der Waals surface area contributed by atoms with E-state index in [4.69, 9.17) is 5.84 Å². The summed E-state index contributed by atoms with van der Waals surface area (Å²) in [6.45, 7) is 0. The average molecular weight is 194 g/mol. The number of hydrogen-bond donors (Lipinski definition) is 2. The Bertz CT molecular complexity index is 327. The van der Waals surface area contributed by atoms with E-state index < -0.39 is 0 Å². The minimum Gasteiger partial charge on any atom is -0.290 e. The molecule has 0 bridgehead atoms. The van der Waals surface area contributed by atoms with Crippen LogP contribution in [0.15, 0.2) is 12.4 Å². The number of nitrogens with two attached hydrogens (primary N) is 1. The standard InChI is InChI=1S/C9H14N4O/c10-12-9(14)7-5-11-13(6-7)8-3-1-2-4-8/h5-6,8H,1-4,10H2,(H,12,14). The average Bonchev–Trinajstić information content (AvgIpc) is 2.86. The van der Waals surface area contributed by atoms with Crippen LogP contribution in [0.2, 0.25) is 0 Å². The van der Waals surface area contributed by atoms with Gasteiger partial charge in [0.05, 0.1) is 17.8 Å². The molecule has 5 heteroatoms. The molecule has 2 rings (SSSR count). The van der Waals surface area contributed by atoms with E-state index in [-0.39, 0.29) is 5.91 Å². The predicted octanol–water partition coefficient (Wildman–Crippen LogP) is 0.602. The summed E-state index contributed by atoms with van der Waals surface area (Å²) in [7, 11) is 0. The number of carbonyl (C=O) groups is 1. The van der Waals surface area contributed by atoms with Gasteiger partial charge in [-0.2, -0.15) is 5.10 Å². The molecule has 0 unspecified atom stereocenters. The maximum atomic E-state index is 11.2. The lowest BCUT2D eigenvalue weighted by molar-refractivity contribution is 0.0953. The van der Waals surface area contributed by atoms with Gasteiger partial charge in [0.1, 0.15) is 0 Å². The van der Waals surface area contributed by atoms with Gasteiger partial charge in [0.15, 0.2) is 0 Å². The van der Waals surface area contributed by atoms with Crippen LogP contribution < -0.4 is 11.3 Å². The van der Waals surface area contributed by atoms with Crippen LogP contribution in [0.4, 0.5) is 0 Å². The lowest BCUT2D eigenvalue weighted by Gasteiger charge is -2.08. The SMILES string of the molecule is NNC(=O)c1cnn(C2CCCC2)c1. The monoisotopic (exact) mass is 194 g/mol. The molecule has 0 aromatic carbocycles. The molecule has 0 radical (unpaired) electrons. The summed E-state index contributed by atoms with van der Waals surface area (Å²) < 4.78 is 1.87. The second kappa shape index (κ2) is 3.79. The number of nitrogens with zero attached hydrogens (tertiary/aromatic N) is 2. The van der Waals surface area contributed by atoms with Crippen molar-refractivity contribution >= 4 is 5.91 Å². The van der Waals surface area contributed by atoms with Crippen molar-refractivity contribution in [2.75, 3.05) is 0 Å². The number of hydrogen-bond acceptors (Lipinski definition) is 3. The van der Waals surface area contributed by atoms with Crippen molar-refractivity contribution in [3.05, 3.63) is 18.0 Å². The van der Waals surface area contributed by atoms with E-state index in [1.807, 2.05) is 4.68 Å². The van der Waals surface area contributed by atoms with Crippen LogP contribution in [-0.4, -0.2) is 15.7 Å². The molecule has 1 fully saturated rings. The van der Waals surface area contributed by atoms with E-state index in [2.05, 4.69) is 10.5 Å². The first-order valence-electron chi connectivity index (χ1n) is 4.86. The Morgan fingerprint density at radius 1 is 1.57 bits per heavy atom. The van der Waals surface area contributed by atoms with Crippen LogP contribution in [0.1, 0.15) is 42.1 Å². The molecular formula is C9H14N4O. The lowest BCUT2D eigenvalue weighted by Crippen LogP contribution is -2.29. The molecule has 3 N–H and O–H groups in total. The minimum atomic E-state index is -0.283. The summed E-state index contributed by atoms with van der Waals surface area (Å²) in [6, 6.07) is 0.467. The van der Waals surface area contributed by atoms with E-state index in [1.165, 1.54) is 12.8 Å². The summed E-state index contributed by atoms with van der Waals surface area (Å²) in [5.41, 5.74) is 2.62. The summed E-state index contributed by atoms with van der Waals surface area (Å²) in [5, 5.41) is 4.17. The van der Waals surface area contributed by atoms with Crippen LogP contribution >= 0.6 is 0 Å². The van der Waals surface area contributed by atoms with Crippen molar-refractivity contribution in [1.82, 2.24) is 15.2 Å². The zero-order valence-corrected chi connectivity index (χ0v) is 7.94. The van der Waals surface area contributed by atoms with Crippen LogP contribution in [0, 0.1) is 0 Å². The highest BCUT2D eigenvalue weighted by molar-refractivity contribution is 5.93. The van der Waals surface area contributed by atoms with Crippen molar-refractivity contribution < 1.29 is 4.79 Å². The second-order valence-corrected chi connectivity index (χ2v) is 3.62. The Hall–Kier alpha value is -1.36. The highest BCUT2D eigenvalue weighted by Crippen LogP contribution is 2.28. The Labute approximate surface area is 82.2 Å². The van der Waals surface area contributed by atoms with Gasteiger partial charge < -0.3 is 0 Å². The number of aromatic nitrogens is 2. The molecule has 1 saturated carbocycles. The number of hydrazine groups is 1. The van der Waals surface area contributed by atoms with E-state index in [9.17, 15) is 4.79 Å². The highest BCUT2D eigenvalue weighted by Gasteiger charge is 2.18. The second-order valence-electron chi connectivity index (χ2n) is 3.62. The molecule has 1 aliphatic rings. The summed E-state index contributed by atoms with van der Waals surface area (Å²) in [6.07, 6.45) is 8.14. The van der Waals surface area contributed by atoms with Crippen molar-refractivity contribution in [3.8, 4) is 0 Å². The van der Waals surface area contributed by atoms with Gasteiger partial charge in [-0.3, -0.25) is 14.9 Å². The molecular weight excluding hydrogens is 180 g/mol. The van der Waals surface area contributed by atoms with Crippen LogP contribution in [-0.2, 0) is 0 Å². The number of rotatable bonds is 2. The largest absolute Gasteiger partial charge is 0.290 e. The first-order chi connectivity index (χ1) is 6.81. The number of nitrogens with one attached hydrogen (secondary N) is 1. The Morgan fingerprint density at radius 2 is 2.29 bits per heavy atom. The van der Waals surface area contributed by atoms with Crippen LogP contribution in [0.5, 0.6) is 0 Å². The first-order valence-corrected chi connectivity index (χ1v) is 4.86. The number of carbonyl (C=O) groups excluding carboxylic acids is 1. The fourth-order valence-corrected chi connectivity index (χ4v) is 1.91. The quantitative estimate of drug-likeness (QED) is 0.411. The van der Waals surface area contributed by atoms with Gasteiger partial charge in [-0.1, -0.05) is 12.8 Å². The molecule has 14 heavy (non-hydrogen) atoms. The maximum Gasteiger partial charge on any atom is 0.268 e. The Morgan fingerprint density at radius 3 is 2.93 bits per heavy atom. The predicted molar refractivity (Wildman–Crippen MR) is 51.4 cm³/mol. The molecule has 1 aromatic rings. The molecule has 1 aliphatic carbocycles. The summed E-state index contributed by atoms with van der Waals surface area (Å²) >= 11 is 0.